The third-order valence-electron chi connectivity index (χ3n) is 2.82. The molecule has 0 heterocycles. The molecule has 2 rings (SSSR count). The summed E-state index contributed by atoms with van der Waals surface area (Å²) in [4.78, 5) is 11.7. The number of carbonyl (C=O) groups is 1. The highest BCUT2D eigenvalue weighted by atomic mass is 16.1. The van der Waals surface area contributed by atoms with Crippen LogP contribution in [0.25, 0.3) is 0 Å². The first-order valence-electron chi connectivity index (χ1n) is 5.71. The number of hydrogen-bond acceptors (Lipinski definition) is 2. The summed E-state index contributed by atoms with van der Waals surface area (Å²) in [7, 11) is 0. The Morgan fingerprint density at radius 2 is 1.94 bits per heavy atom. The van der Waals surface area contributed by atoms with Crippen LogP contribution in [0, 0.1) is 11.3 Å². The van der Waals surface area contributed by atoms with Crippen LogP contribution in [0.15, 0.2) is 36.4 Å². The summed E-state index contributed by atoms with van der Waals surface area (Å²) in [6.45, 7) is 0. The summed E-state index contributed by atoms with van der Waals surface area (Å²) in [6.07, 6.45) is 6.42. The number of nitrogens with zero attached hydrogens (tertiary/aromatic N) is 1. The predicted molar refractivity (Wildman–Crippen MR) is 65.2 cm³/mol. The fraction of sp³-hybridized carbons (Fsp3) is 0.286. The van der Waals surface area contributed by atoms with E-state index >= 15 is 0 Å². The first-order valence-corrected chi connectivity index (χ1v) is 5.71. The standard InChI is InChI=1S/C14H14N2O/c15-10-12-7-5-11(6-8-12)9-14(17)16-13-3-1-2-4-13/h1-2,5-8,13H,3-4,9H2,(H,16,17). The molecular weight excluding hydrogens is 212 g/mol. The molecule has 1 aliphatic carbocycles. The molecule has 0 radical (unpaired) electrons. The molecule has 0 unspecified atom stereocenters. The summed E-state index contributed by atoms with van der Waals surface area (Å²) in [5, 5.41) is 11.7. The number of rotatable bonds is 3. The number of nitriles is 1. The lowest BCUT2D eigenvalue weighted by Crippen LogP contribution is -2.33. The van der Waals surface area contributed by atoms with Gasteiger partial charge in [0.1, 0.15) is 0 Å². The third kappa shape index (κ3) is 3.18. The molecule has 1 aromatic carbocycles. The molecule has 0 saturated heterocycles. The van der Waals surface area contributed by atoms with E-state index < -0.39 is 0 Å². The van der Waals surface area contributed by atoms with E-state index in [0.717, 1.165) is 18.4 Å². The third-order valence-corrected chi connectivity index (χ3v) is 2.82. The van der Waals surface area contributed by atoms with Gasteiger partial charge in [0.05, 0.1) is 18.1 Å². The second kappa shape index (κ2) is 5.31. The van der Waals surface area contributed by atoms with Crippen molar-refractivity contribution in [2.75, 3.05) is 0 Å². The zero-order chi connectivity index (χ0) is 12.1. The number of amides is 1. The van der Waals surface area contributed by atoms with Gasteiger partial charge in [-0.25, -0.2) is 0 Å². The van der Waals surface area contributed by atoms with Gasteiger partial charge in [-0.2, -0.15) is 5.26 Å². The van der Waals surface area contributed by atoms with Crippen LogP contribution >= 0.6 is 0 Å². The Labute approximate surface area is 101 Å². The lowest BCUT2D eigenvalue weighted by atomic mass is 10.1. The van der Waals surface area contributed by atoms with Crippen LogP contribution in [0.3, 0.4) is 0 Å². The van der Waals surface area contributed by atoms with E-state index in [1.165, 1.54) is 0 Å². The highest BCUT2D eigenvalue weighted by Crippen LogP contribution is 2.10. The fourth-order valence-corrected chi connectivity index (χ4v) is 1.90. The molecule has 86 valence electrons. The van der Waals surface area contributed by atoms with Crippen molar-refractivity contribution >= 4 is 5.91 Å². The maximum absolute atomic E-state index is 11.7. The molecule has 0 aliphatic heterocycles. The van der Waals surface area contributed by atoms with Crippen LogP contribution < -0.4 is 5.32 Å². The Bertz CT molecular complexity index is 460. The number of benzene rings is 1. The summed E-state index contributed by atoms with van der Waals surface area (Å²) in [5.74, 6) is 0.0448. The van der Waals surface area contributed by atoms with Crippen LogP contribution in [0.2, 0.25) is 0 Å². The topological polar surface area (TPSA) is 52.9 Å². The normalized spacial score (nSPS) is 14.5. The highest BCUT2D eigenvalue weighted by Gasteiger charge is 2.13. The maximum Gasteiger partial charge on any atom is 0.224 e. The van der Waals surface area contributed by atoms with Crippen molar-refractivity contribution in [3.63, 3.8) is 0 Å². The van der Waals surface area contributed by atoms with E-state index in [9.17, 15) is 4.79 Å². The Kier molecular flexibility index (Phi) is 3.56. The summed E-state index contributed by atoms with van der Waals surface area (Å²) < 4.78 is 0. The van der Waals surface area contributed by atoms with Crippen LogP contribution in [0.1, 0.15) is 24.0 Å². The van der Waals surface area contributed by atoms with Crippen LogP contribution in [0.5, 0.6) is 0 Å². The van der Waals surface area contributed by atoms with Crippen molar-refractivity contribution in [3.05, 3.63) is 47.5 Å². The molecule has 17 heavy (non-hydrogen) atoms. The van der Waals surface area contributed by atoms with Gasteiger partial charge in [-0.3, -0.25) is 4.79 Å². The summed E-state index contributed by atoms with van der Waals surface area (Å²) >= 11 is 0. The smallest absolute Gasteiger partial charge is 0.224 e. The molecule has 1 amide bonds. The first-order chi connectivity index (χ1) is 8.28. The SMILES string of the molecule is N#Cc1ccc(CC(=O)NC2CC=CC2)cc1. The lowest BCUT2D eigenvalue weighted by Gasteiger charge is -2.11. The molecule has 0 spiro atoms. The second-order valence-corrected chi connectivity index (χ2v) is 4.19. The van der Waals surface area contributed by atoms with Crippen molar-refractivity contribution in [1.82, 2.24) is 5.32 Å². The average molecular weight is 226 g/mol. The molecule has 1 N–H and O–H groups in total. The number of carbonyl (C=O) groups excluding carboxylic acids is 1. The minimum atomic E-state index is 0.0448. The predicted octanol–water partition coefficient (Wildman–Crippen LogP) is 1.94. The Balaban J connectivity index is 1.87. The monoisotopic (exact) mass is 226 g/mol. The van der Waals surface area contributed by atoms with Crippen molar-refractivity contribution in [2.24, 2.45) is 0 Å². The first kappa shape index (κ1) is 11.4. The molecule has 0 bridgehead atoms. The van der Waals surface area contributed by atoms with Crippen LogP contribution in [0.4, 0.5) is 0 Å². The van der Waals surface area contributed by atoms with Gasteiger partial charge < -0.3 is 5.32 Å². The molecule has 0 atom stereocenters. The van der Waals surface area contributed by atoms with E-state index in [1.807, 2.05) is 12.1 Å². The van der Waals surface area contributed by atoms with Gasteiger partial charge in [-0.05, 0) is 30.5 Å². The van der Waals surface area contributed by atoms with Crippen molar-refractivity contribution in [2.45, 2.75) is 25.3 Å². The molecule has 3 heteroatoms. The van der Waals surface area contributed by atoms with Gasteiger partial charge in [0.2, 0.25) is 5.91 Å². The molecule has 0 aromatic heterocycles. The quantitative estimate of drug-likeness (QED) is 0.801. The van der Waals surface area contributed by atoms with Crippen molar-refractivity contribution in [1.29, 1.82) is 5.26 Å². The molecule has 1 aromatic rings. The van der Waals surface area contributed by atoms with Gasteiger partial charge in [-0.1, -0.05) is 24.3 Å². The minimum Gasteiger partial charge on any atom is -0.352 e. The Morgan fingerprint density at radius 1 is 1.29 bits per heavy atom. The van der Waals surface area contributed by atoms with E-state index in [-0.39, 0.29) is 11.9 Å². The largest absolute Gasteiger partial charge is 0.352 e. The van der Waals surface area contributed by atoms with Gasteiger partial charge >= 0.3 is 0 Å². The van der Waals surface area contributed by atoms with Crippen LogP contribution in [-0.4, -0.2) is 11.9 Å². The summed E-state index contributed by atoms with van der Waals surface area (Å²) in [5.41, 5.74) is 1.56. The Hall–Kier alpha value is -2.08. The van der Waals surface area contributed by atoms with Crippen molar-refractivity contribution in [3.8, 4) is 6.07 Å². The molecule has 0 saturated carbocycles. The van der Waals surface area contributed by atoms with Gasteiger partial charge in [0, 0.05) is 6.04 Å². The zero-order valence-electron chi connectivity index (χ0n) is 9.52. The van der Waals surface area contributed by atoms with Gasteiger partial charge in [0.25, 0.3) is 0 Å². The van der Waals surface area contributed by atoms with E-state index in [4.69, 9.17) is 5.26 Å². The van der Waals surface area contributed by atoms with E-state index in [0.29, 0.717) is 12.0 Å². The molecule has 3 nitrogen and oxygen atoms in total. The van der Waals surface area contributed by atoms with E-state index in [1.54, 1.807) is 12.1 Å². The molecule has 0 fully saturated rings. The van der Waals surface area contributed by atoms with Gasteiger partial charge in [-0.15, -0.1) is 0 Å². The fourth-order valence-electron chi connectivity index (χ4n) is 1.90. The second-order valence-electron chi connectivity index (χ2n) is 4.19. The van der Waals surface area contributed by atoms with E-state index in [2.05, 4.69) is 23.5 Å². The highest BCUT2D eigenvalue weighted by molar-refractivity contribution is 5.79. The Morgan fingerprint density at radius 3 is 2.53 bits per heavy atom. The minimum absolute atomic E-state index is 0.0448. The lowest BCUT2D eigenvalue weighted by molar-refractivity contribution is -0.121. The summed E-state index contributed by atoms with van der Waals surface area (Å²) in [6, 6.07) is 9.44. The average Bonchev–Trinajstić information content (AvgIpc) is 2.82. The van der Waals surface area contributed by atoms with Crippen LogP contribution in [-0.2, 0) is 11.2 Å². The van der Waals surface area contributed by atoms with Crippen molar-refractivity contribution < 1.29 is 4.79 Å². The molecular formula is C14H14N2O. The van der Waals surface area contributed by atoms with Gasteiger partial charge in [0.15, 0.2) is 0 Å². The number of hydrogen-bond donors (Lipinski definition) is 1. The number of nitrogens with one attached hydrogen (secondary N) is 1. The zero-order valence-corrected chi connectivity index (χ0v) is 9.52. The maximum atomic E-state index is 11.7. The molecule has 1 aliphatic rings.